The Bertz CT molecular complexity index is 581. The quantitative estimate of drug-likeness (QED) is 0.518. The molecule has 2 rings (SSSR count). The Balaban J connectivity index is 1.85. The summed E-state index contributed by atoms with van der Waals surface area (Å²) in [6.07, 6.45) is 6.15. The molecule has 96 valence electrons. The predicted molar refractivity (Wildman–Crippen MR) is 74.7 cm³/mol. The second kappa shape index (κ2) is 6.35. The van der Waals surface area contributed by atoms with Crippen molar-refractivity contribution in [2.45, 2.75) is 6.92 Å². The van der Waals surface area contributed by atoms with Gasteiger partial charge in [-0.2, -0.15) is 5.10 Å². The molecule has 4 heteroatoms. The summed E-state index contributed by atoms with van der Waals surface area (Å²) in [6, 6.07) is 11.4. The predicted octanol–water partition coefficient (Wildman–Crippen LogP) is 2.75. The molecule has 0 atom stereocenters. The minimum atomic E-state index is -0.289. The van der Waals surface area contributed by atoms with Crippen molar-refractivity contribution in [3.8, 4) is 0 Å². The van der Waals surface area contributed by atoms with Crippen molar-refractivity contribution in [2.24, 2.45) is 5.10 Å². The summed E-state index contributed by atoms with van der Waals surface area (Å²) in [5.41, 5.74) is 4.54. The number of carbonyl (C=O) groups is 1. The molecule has 2 aromatic rings. The summed E-state index contributed by atoms with van der Waals surface area (Å²) in [7, 11) is 0. The molecule has 1 heterocycles. The highest BCUT2D eigenvalue weighted by atomic mass is 16.3. The van der Waals surface area contributed by atoms with Crippen LogP contribution >= 0.6 is 0 Å². The van der Waals surface area contributed by atoms with Crippen LogP contribution in [0, 0.1) is 6.92 Å². The topological polar surface area (TPSA) is 54.6 Å². The summed E-state index contributed by atoms with van der Waals surface area (Å²) in [5.74, 6) is 0.297. The third-order valence-electron chi connectivity index (χ3n) is 2.41. The minimum Gasteiger partial charge on any atom is -0.463 e. The van der Waals surface area contributed by atoms with E-state index in [-0.39, 0.29) is 5.91 Å². The number of hydrazone groups is 1. The van der Waals surface area contributed by atoms with Crippen molar-refractivity contribution in [1.82, 2.24) is 5.43 Å². The summed E-state index contributed by atoms with van der Waals surface area (Å²) in [4.78, 5) is 11.5. The van der Waals surface area contributed by atoms with E-state index in [1.165, 1.54) is 17.9 Å². The molecule has 0 aliphatic heterocycles. The summed E-state index contributed by atoms with van der Waals surface area (Å²) < 4.78 is 5.04. The van der Waals surface area contributed by atoms with Crippen molar-refractivity contribution in [2.75, 3.05) is 0 Å². The Morgan fingerprint density at radius 2 is 2.05 bits per heavy atom. The van der Waals surface area contributed by atoms with Gasteiger partial charge >= 0.3 is 0 Å². The average molecular weight is 254 g/mol. The van der Waals surface area contributed by atoms with E-state index in [0.29, 0.717) is 5.76 Å². The molecule has 1 aromatic heterocycles. The zero-order valence-corrected chi connectivity index (χ0v) is 10.5. The van der Waals surface area contributed by atoms with Crippen LogP contribution in [0.2, 0.25) is 0 Å². The Morgan fingerprint density at radius 1 is 1.26 bits per heavy atom. The molecule has 0 aliphatic rings. The first-order chi connectivity index (χ1) is 9.24. The molecule has 0 spiro atoms. The zero-order chi connectivity index (χ0) is 13.5. The van der Waals surface area contributed by atoms with Crippen LogP contribution in [0.4, 0.5) is 0 Å². The van der Waals surface area contributed by atoms with Crippen LogP contribution < -0.4 is 5.43 Å². The Hall–Kier alpha value is -2.62. The fourth-order valence-corrected chi connectivity index (χ4v) is 1.41. The molecule has 19 heavy (non-hydrogen) atoms. The zero-order valence-electron chi connectivity index (χ0n) is 10.5. The number of nitrogens with zero attached hydrogens (tertiary/aromatic N) is 1. The molecule has 0 aliphatic carbocycles. The van der Waals surface area contributed by atoms with Crippen molar-refractivity contribution in [3.05, 3.63) is 65.6 Å². The van der Waals surface area contributed by atoms with Gasteiger partial charge in [0, 0.05) is 6.08 Å². The highest BCUT2D eigenvalue weighted by Gasteiger charge is 1.93. The normalized spacial score (nSPS) is 11.2. The van der Waals surface area contributed by atoms with Gasteiger partial charge in [0.1, 0.15) is 5.76 Å². The fraction of sp³-hybridized carbons (Fsp3) is 0.0667. The standard InChI is InChI=1S/C15H14N2O2/c1-12-4-6-13(7-5-12)8-9-15(18)17-16-11-14-3-2-10-19-14/h2-11H,1H3,(H,17,18)/b9-8+,16-11+. The molecule has 0 saturated heterocycles. The smallest absolute Gasteiger partial charge is 0.264 e. The molecule has 0 radical (unpaired) electrons. The van der Waals surface area contributed by atoms with E-state index in [9.17, 15) is 4.79 Å². The Kier molecular flexibility index (Phi) is 4.29. The molecular formula is C15H14N2O2. The van der Waals surface area contributed by atoms with Gasteiger partial charge in [0.15, 0.2) is 0 Å². The van der Waals surface area contributed by atoms with Gasteiger partial charge < -0.3 is 4.42 Å². The lowest BCUT2D eigenvalue weighted by Crippen LogP contribution is -2.13. The number of rotatable bonds is 4. The SMILES string of the molecule is Cc1ccc(/C=C/C(=O)N/N=C/c2ccco2)cc1. The molecule has 4 nitrogen and oxygen atoms in total. The number of benzene rings is 1. The van der Waals surface area contributed by atoms with Crippen molar-refractivity contribution < 1.29 is 9.21 Å². The second-order valence-corrected chi connectivity index (χ2v) is 3.99. The molecule has 1 N–H and O–H groups in total. The van der Waals surface area contributed by atoms with Gasteiger partial charge in [0.25, 0.3) is 5.91 Å². The van der Waals surface area contributed by atoms with Crippen molar-refractivity contribution in [1.29, 1.82) is 0 Å². The number of furan rings is 1. The summed E-state index contributed by atoms with van der Waals surface area (Å²) >= 11 is 0. The minimum absolute atomic E-state index is 0.289. The van der Waals surface area contributed by atoms with Gasteiger partial charge in [-0.25, -0.2) is 5.43 Å². The van der Waals surface area contributed by atoms with Gasteiger partial charge in [0.05, 0.1) is 12.5 Å². The van der Waals surface area contributed by atoms with Crippen molar-refractivity contribution >= 4 is 18.2 Å². The van der Waals surface area contributed by atoms with Crippen LogP contribution in [0.1, 0.15) is 16.9 Å². The molecular weight excluding hydrogens is 240 g/mol. The van der Waals surface area contributed by atoms with E-state index in [0.717, 1.165) is 5.56 Å². The van der Waals surface area contributed by atoms with Crippen molar-refractivity contribution in [3.63, 3.8) is 0 Å². The third-order valence-corrected chi connectivity index (χ3v) is 2.41. The van der Waals surface area contributed by atoms with Crippen LogP contribution in [0.25, 0.3) is 6.08 Å². The Labute approximate surface area is 111 Å². The monoisotopic (exact) mass is 254 g/mol. The number of amides is 1. The van der Waals surface area contributed by atoms with E-state index in [1.54, 1.807) is 24.5 Å². The lowest BCUT2D eigenvalue weighted by atomic mass is 10.1. The fourth-order valence-electron chi connectivity index (χ4n) is 1.41. The van der Waals surface area contributed by atoms with Crippen LogP contribution in [0.5, 0.6) is 0 Å². The second-order valence-electron chi connectivity index (χ2n) is 3.99. The first kappa shape index (κ1) is 12.8. The van der Waals surface area contributed by atoms with Gasteiger partial charge in [-0.3, -0.25) is 4.79 Å². The summed E-state index contributed by atoms with van der Waals surface area (Å²) in [5, 5.41) is 3.77. The maximum atomic E-state index is 11.5. The van der Waals surface area contributed by atoms with E-state index < -0.39 is 0 Å². The van der Waals surface area contributed by atoms with Gasteiger partial charge in [-0.1, -0.05) is 29.8 Å². The number of hydrogen-bond donors (Lipinski definition) is 1. The van der Waals surface area contributed by atoms with Crippen LogP contribution in [-0.4, -0.2) is 12.1 Å². The maximum absolute atomic E-state index is 11.5. The third kappa shape index (κ3) is 4.27. The van der Waals surface area contributed by atoms with Gasteiger partial charge in [-0.15, -0.1) is 0 Å². The maximum Gasteiger partial charge on any atom is 0.264 e. The molecule has 0 bridgehead atoms. The lowest BCUT2D eigenvalue weighted by molar-refractivity contribution is -0.116. The highest BCUT2D eigenvalue weighted by Crippen LogP contribution is 2.04. The van der Waals surface area contributed by atoms with E-state index in [4.69, 9.17) is 4.42 Å². The number of aryl methyl sites for hydroxylation is 1. The Morgan fingerprint density at radius 3 is 2.74 bits per heavy atom. The van der Waals surface area contributed by atoms with Crippen LogP contribution in [0.3, 0.4) is 0 Å². The molecule has 0 unspecified atom stereocenters. The van der Waals surface area contributed by atoms with E-state index >= 15 is 0 Å². The van der Waals surface area contributed by atoms with Crippen LogP contribution in [-0.2, 0) is 4.79 Å². The molecule has 1 aromatic carbocycles. The van der Waals surface area contributed by atoms with Gasteiger partial charge in [0.2, 0.25) is 0 Å². The molecule has 0 saturated carbocycles. The van der Waals surface area contributed by atoms with Crippen LogP contribution in [0.15, 0.2) is 58.3 Å². The average Bonchev–Trinajstić information content (AvgIpc) is 2.91. The molecule has 0 fully saturated rings. The van der Waals surface area contributed by atoms with E-state index in [2.05, 4.69) is 10.5 Å². The van der Waals surface area contributed by atoms with Gasteiger partial charge in [-0.05, 0) is 30.7 Å². The highest BCUT2D eigenvalue weighted by molar-refractivity contribution is 5.92. The number of carbonyl (C=O) groups excluding carboxylic acids is 1. The van der Waals surface area contributed by atoms with E-state index in [1.807, 2.05) is 31.2 Å². The molecule has 1 amide bonds. The first-order valence-corrected chi connectivity index (χ1v) is 5.85. The number of nitrogens with one attached hydrogen (secondary N) is 1. The lowest BCUT2D eigenvalue weighted by Gasteiger charge is -1.95. The number of hydrogen-bond acceptors (Lipinski definition) is 3. The summed E-state index contributed by atoms with van der Waals surface area (Å²) in [6.45, 7) is 2.02. The largest absolute Gasteiger partial charge is 0.463 e. The first-order valence-electron chi connectivity index (χ1n) is 5.85.